The summed E-state index contributed by atoms with van der Waals surface area (Å²) < 4.78 is 11.1. The van der Waals surface area contributed by atoms with Crippen molar-refractivity contribution in [3.8, 4) is 5.75 Å². The van der Waals surface area contributed by atoms with E-state index in [1.165, 1.54) is 5.56 Å². The average molecular weight is 268 g/mol. The first-order valence-corrected chi connectivity index (χ1v) is 6.81. The van der Waals surface area contributed by atoms with Crippen LogP contribution >= 0.6 is 11.6 Å². The second kappa shape index (κ2) is 4.72. The van der Waals surface area contributed by atoms with Gasteiger partial charge in [0.15, 0.2) is 0 Å². The van der Waals surface area contributed by atoms with Crippen molar-refractivity contribution in [1.29, 1.82) is 0 Å². The lowest BCUT2D eigenvalue weighted by atomic mass is 10.0. The van der Waals surface area contributed by atoms with Gasteiger partial charge < -0.3 is 14.8 Å². The Morgan fingerprint density at radius 2 is 2.28 bits per heavy atom. The number of fused-ring (bicyclic) bond motifs is 1. The van der Waals surface area contributed by atoms with Crippen LogP contribution in [0.2, 0.25) is 5.02 Å². The van der Waals surface area contributed by atoms with E-state index in [1.807, 2.05) is 12.1 Å². The van der Waals surface area contributed by atoms with Crippen LogP contribution in [0.3, 0.4) is 0 Å². The highest BCUT2D eigenvalue weighted by Crippen LogP contribution is 2.33. The van der Waals surface area contributed by atoms with Crippen LogP contribution < -0.4 is 10.1 Å². The van der Waals surface area contributed by atoms with Crippen molar-refractivity contribution in [2.24, 2.45) is 0 Å². The molecule has 4 heteroatoms. The first kappa shape index (κ1) is 12.3. The second-order valence-corrected chi connectivity index (χ2v) is 5.80. The van der Waals surface area contributed by atoms with Gasteiger partial charge in [0.1, 0.15) is 5.75 Å². The summed E-state index contributed by atoms with van der Waals surface area (Å²) in [7, 11) is 0. The zero-order valence-corrected chi connectivity index (χ0v) is 11.3. The van der Waals surface area contributed by atoms with Crippen LogP contribution in [-0.4, -0.2) is 25.4 Å². The number of hydrogen-bond donors (Lipinski definition) is 1. The Kier molecular flexibility index (Phi) is 3.22. The molecule has 0 amide bonds. The molecule has 1 aromatic carbocycles. The first-order chi connectivity index (χ1) is 8.66. The van der Waals surface area contributed by atoms with Crippen molar-refractivity contribution >= 4 is 11.6 Å². The van der Waals surface area contributed by atoms with Crippen molar-refractivity contribution < 1.29 is 9.47 Å². The quantitative estimate of drug-likeness (QED) is 0.913. The summed E-state index contributed by atoms with van der Waals surface area (Å²) >= 11 is 6.15. The third-order valence-electron chi connectivity index (χ3n) is 3.75. The summed E-state index contributed by atoms with van der Waals surface area (Å²) in [6.07, 6.45) is 2.01. The van der Waals surface area contributed by atoms with Crippen molar-refractivity contribution in [2.75, 3.05) is 19.8 Å². The van der Waals surface area contributed by atoms with Crippen LogP contribution in [0.4, 0.5) is 0 Å². The van der Waals surface area contributed by atoms with Gasteiger partial charge in [0, 0.05) is 35.7 Å². The Balaban J connectivity index is 1.76. The molecule has 2 heterocycles. The van der Waals surface area contributed by atoms with Gasteiger partial charge in [-0.25, -0.2) is 0 Å². The molecule has 0 aliphatic carbocycles. The summed E-state index contributed by atoms with van der Waals surface area (Å²) in [5.41, 5.74) is 2.46. The summed E-state index contributed by atoms with van der Waals surface area (Å²) in [5, 5.41) is 4.36. The van der Waals surface area contributed by atoms with Gasteiger partial charge in [0.25, 0.3) is 0 Å². The SMILES string of the molecule is CC1(NCc2cc(Cl)cc3c2OCC3)CCOC1. The van der Waals surface area contributed by atoms with Crippen molar-refractivity contribution in [1.82, 2.24) is 5.32 Å². The summed E-state index contributed by atoms with van der Waals surface area (Å²) in [4.78, 5) is 0. The highest BCUT2D eigenvalue weighted by molar-refractivity contribution is 6.30. The van der Waals surface area contributed by atoms with Gasteiger partial charge in [-0.2, -0.15) is 0 Å². The molecule has 2 aliphatic heterocycles. The van der Waals surface area contributed by atoms with Gasteiger partial charge in [-0.1, -0.05) is 11.6 Å². The molecule has 2 aliphatic rings. The first-order valence-electron chi connectivity index (χ1n) is 6.43. The van der Waals surface area contributed by atoms with Crippen LogP contribution in [0.25, 0.3) is 0 Å². The molecule has 1 N–H and O–H groups in total. The van der Waals surface area contributed by atoms with Crippen molar-refractivity contribution in [3.05, 3.63) is 28.3 Å². The number of nitrogens with one attached hydrogen (secondary N) is 1. The van der Waals surface area contributed by atoms with Crippen molar-refractivity contribution in [3.63, 3.8) is 0 Å². The molecule has 1 aromatic rings. The fourth-order valence-electron chi connectivity index (χ4n) is 2.59. The van der Waals surface area contributed by atoms with Crippen LogP contribution in [0.1, 0.15) is 24.5 Å². The lowest BCUT2D eigenvalue weighted by molar-refractivity contribution is 0.171. The minimum Gasteiger partial charge on any atom is -0.493 e. The topological polar surface area (TPSA) is 30.5 Å². The predicted molar refractivity (Wildman–Crippen MR) is 71.3 cm³/mol. The molecule has 0 radical (unpaired) electrons. The highest BCUT2D eigenvalue weighted by atomic mass is 35.5. The fraction of sp³-hybridized carbons (Fsp3) is 0.571. The molecule has 0 spiro atoms. The number of halogens is 1. The minimum absolute atomic E-state index is 0.0772. The summed E-state index contributed by atoms with van der Waals surface area (Å²) in [6, 6.07) is 4.01. The van der Waals surface area contributed by atoms with Gasteiger partial charge in [0.2, 0.25) is 0 Å². The summed E-state index contributed by atoms with van der Waals surface area (Å²) in [5.74, 6) is 1.02. The number of ether oxygens (including phenoxy) is 2. The molecule has 1 fully saturated rings. The molecule has 3 rings (SSSR count). The van der Waals surface area contributed by atoms with E-state index in [0.29, 0.717) is 0 Å². The van der Waals surface area contributed by atoms with Gasteiger partial charge >= 0.3 is 0 Å². The van der Waals surface area contributed by atoms with Gasteiger partial charge in [0.05, 0.1) is 13.2 Å². The van der Waals surface area contributed by atoms with Gasteiger partial charge in [-0.3, -0.25) is 0 Å². The van der Waals surface area contributed by atoms with E-state index in [2.05, 4.69) is 12.2 Å². The Bertz CT molecular complexity index is 455. The predicted octanol–water partition coefficient (Wildman–Crippen LogP) is 2.54. The number of hydrogen-bond acceptors (Lipinski definition) is 3. The molecule has 0 saturated carbocycles. The molecular formula is C14H18ClNO2. The molecule has 1 atom stereocenters. The summed E-state index contributed by atoms with van der Waals surface area (Å²) in [6.45, 7) is 5.36. The maximum Gasteiger partial charge on any atom is 0.127 e. The molecule has 0 aromatic heterocycles. The zero-order chi connectivity index (χ0) is 12.6. The number of benzene rings is 1. The van der Waals surface area contributed by atoms with Crippen LogP contribution in [-0.2, 0) is 17.7 Å². The van der Waals surface area contributed by atoms with E-state index in [4.69, 9.17) is 21.1 Å². The van der Waals surface area contributed by atoms with Crippen molar-refractivity contribution in [2.45, 2.75) is 31.8 Å². The normalized spacial score (nSPS) is 26.1. The Labute approximate surface area is 112 Å². The molecule has 98 valence electrons. The smallest absolute Gasteiger partial charge is 0.127 e. The molecule has 18 heavy (non-hydrogen) atoms. The lowest BCUT2D eigenvalue weighted by Crippen LogP contribution is -2.42. The monoisotopic (exact) mass is 267 g/mol. The maximum absolute atomic E-state index is 6.15. The van der Waals surface area contributed by atoms with Gasteiger partial charge in [-0.05, 0) is 31.0 Å². The van der Waals surface area contributed by atoms with E-state index in [9.17, 15) is 0 Å². The molecule has 3 nitrogen and oxygen atoms in total. The fourth-order valence-corrected chi connectivity index (χ4v) is 2.86. The van der Waals surface area contributed by atoms with E-state index >= 15 is 0 Å². The molecular weight excluding hydrogens is 250 g/mol. The Hall–Kier alpha value is -0.770. The maximum atomic E-state index is 6.15. The molecule has 1 saturated heterocycles. The third-order valence-corrected chi connectivity index (χ3v) is 3.97. The highest BCUT2D eigenvalue weighted by Gasteiger charge is 2.29. The number of rotatable bonds is 3. The van der Waals surface area contributed by atoms with Crippen LogP contribution in [0.15, 0.2) is 12.1 Å². The van der Waals surface area contributed by atoms with E-state index < -0.39 is 0 Å². The third kappa shape index (κ3) is 2.35. The largest absolute Gasteiger partial charge is 0.493 e. The van der Waals surface area contributed by atoms with Gasteiger partial charge in [-0.15, -0.1) is 0 Å². The van der Waals surface area contributed by atoms with Crippen LogP contribution in [0.5, 0.6) is 5.75 Å². The zero-order valence-electron chi connectivity index (χ0n) is 10.6. The minimum atomic E-state index is 0.0772. The van der Waals surface area contributed by atoms with Crippen LogP contribution in [0, 0.1) is 0 Å². The van der Waals surface area contributed by atoms with E-state index in [1.54, 1.807) is 0 Å². The Morgan fingerprint density at radius 3 is 3.06 bits per heavy atom. The lowest BCUT2D eigenvalue weighted by Gasteiger charge is -2.24. The van der Waals surface area contributed by atoms with E-state index in [-0.39, 0.29) is 5.54 Å². The second-order valence-electron chi connectivity index (χ2n) is 5.37. The van der Waals surface area contributed by atoms with E-state index in [0.717, 1.165) is 55.5 Å². The standard InChI is InChI=1S/C14H18ClNO2/c1-14(3-5-17-9-14)16-8-11-7-12(15)6-10-2-4-18-13(10)11/h6-7,16H,2-5,8-9H2,1H3. The molecule has 1 unspecified atom stereocenters. The average Bonchev–Trinajstić information content (AvgIpc) is 2.95. The molecule has 0 bridgehead atoms. The Morgan fingerprint density at radius 1 is 1.39 bits per heavy atom.